The molecule has 0 bridgehead atoms. The summed E-state index contributed by atoms with van der Waals surface area (Å²) in [7, 11) is 0. The van der Waals surface area contributed by atoms with E-state index in [2.05, 4.69) is 10.6 Å². The Morgan fingerprint density at radius 3 is 1.72 bits per heavy atom. The molecule has 0 saturated heterocycles. The number of hydrogen-bond donors (Lipinski definition) is 2. The van der Waals surface area contributed by atoms with E-state index < -0.39 is 22.9 Å². The highest BCUT2D eigenvalue weighted by Gasteiger charge is 2.18. The van der Waals surface area contributed by atoms with Gasteiger partial charge in [-0.3, -0.25) is 19.7 Å². The van der Waals surface area contributed by atoms with Gasteiger partial charge in [-0.2, -0.15) is 0 Å². The van der Waals surface area contributed by atoms with Crippen LogP contribution < -0.4 is 10.6 Å². The van der Waals surface area contributed by atoms with E-state index in [-0.39, 0.29) is 5.69 Å². The number of non-ortho nitro benzene ring substituents is 1. The standard InChI is InChI=1S/C25H21N3O4/c29-23(16-14-19-8-3-1-4-9-19)26-25(21-12-7-13-22(18-21)28(31)32)27-24(30)17-15-20-10-5-2-6-11-20/h1-18,25H,(H,26,29)(H,27,30)/b16-14+,17-15+. The van der Waals surface area contributed by atoms with Crippen LogP contribution in [0.25, 0.3) is 12.2 Å². The van der Waals surface area contributed by atoms with E-state index in [1.54, 1.807) is 18.2 Å². The monoisotopic (exact) mass is 427 g/mol. The van der Waals surface area contributed by atoms with Crippen LogP contribution in [-0.2, 0) is 9.59 Å². The minimum absolute atomic E-state index is 0.143. The van der Waals surface area contributed by atoms with Crippen molar-refractivity contribution in [2.75, 3.05) is 0 Å². The van der Waals surface area contributed by atoms with E-state index in [0.717, 1.165) is 11.1 Å². The lowest BCUT2D eigenvalue weighted by atomic mass is 10.1. The Kier molecular flexibility index (Phi) is 7.64. The highest BCUT2D eigenvalue weighted by atomic mass is 16.6. The number of nitro benzene ring substituents is 1. The number of nitrogens with zero attached hydrogens (tertiary/aromatic N) is 1. The van der Waals surface area contributed by atoms with Gasteiger partial charge in [-0.15, -0.1) is 0 Å². The van der Waals surface area contributed by atoms with Crippen molar-refractivity contribution in [3.05, 3.63) is 124 Å². The molecule has 2 amide bonds. The van der Waals surface area contributed by atoms with Gasteiger partial charge in [0, 0.05) is 29.8 Å². The molecule has 0 unspecified atom stereocenters. The van der Waals surface area contributed by atoms with Gasteiger partial charge < -0.3 is 10.6 Å². The molecular formula is C25H21N3O4. The van der Waals surface area contributed by atoms with Crippen molar-refractivity contribution in [3.8, 4) is 0 Å². The molecule has 7 heteroatoms. The van der Waals surface area contributed by atoms with Crippen molar-refractivity contribution in [1.29, 1.82) is 0 Å². The molecule has 32 heavy (non-hydrogen) atoms. The maximum absolute atomic E-state index is 12.5. The van der Waals surface area contributed by atoms with Crippen molar-refractivity contribution in [2.45, 2.75) is 6.17 Å². The van der Waals surface area contributed by atoms with Crippen molar-refractivity contribution in [2.24, 2.45) is 0 Å². The topological polar surface area (TPSA) is 101 Å². The highest BCUT2D eigenvalue weighted by Crippen LogP contribution is 2.18. The van der Waals surface area contributed by atoms with Crippen LogP contribution in [0.15, 0.2) is 97.1 Å². The predicted molar refractivity (Wildman–Crippen MR) is 123 cm³/mol. The average Bonchev–Trinajstić information content (AvgIpc) is 2.82. The first-order chi connectivity index (χ1) is 15.5. The first-order valence-corrected chi connectivity index (χ1v) is 9.83. The molecule has 7 nitrogen and oxygen atoms in total. The third-order valence-electron chi connectivity index (χ3n) is 4.44. The summed E-state index contributed by atoms with van der Waals surface area (Å²) in [6.45, 7) is 0. The quantitative estimate of drug-likeness (QED) is 0.243. The zero-order chi connectivity index (χ0) is 22.8. The fourth-order valence-electron chi connectivity index (χ4n) is 2.87. The van der Waals surface area contributed by atoms with Gasteiger partial charge >= 0.3 is 0 Å². The molecule has 0 spiro atoms. The Morgan fingerprint density at radius 2 is 1.25 bits per heavy atom. The molecule has 0 radical (unpaired) electrons. The number of nitro groups is 1. The lowest BCUT2D eigenvalue weighted by Gasteiger charge is -2.19. The molecule has 0 aliphatic rings. The maximum atomic E-state index is 12.5. The lowest BCUT2D eigenvalue weighted by molar-refractivity contribution is -0.384. The molecule has 0 heterocycles. The maximum Gasteiger partial charge on any atom is 0.269 e. The fraction of sp³-hybridized carbons (Fsp3) is 0.0400. The molecular weight excluding hydrogens is 406 g/mol. The first kappa shape index (κ1) is 22.2. The minimum Gasteiger partial charge on any atom is -0.328 e. The average molecular weight is 427 g/mol. The molecule has 0 atom stereocenters. The van der Waals surface area contributed by atoms with Crippen LogP contribution in [0, 0.1) is 10.1 Å². The lowest BCUT2D eigenvalue weighted by Crippen LogP contribution is -2.39. The smallest absolute Gasteiger partial charge is 0.269 e. The van der Waals surface area contributed by atoms with E-state index >= 15 is 0 Å². The molecule has 3 aromatic rings. The molecule has 0 aromatic heterocycles. The van der Waals surface area contributed by atoms with E-state index in [4.69, 9.17) is 0 Å². The molecule has 0 aliphatic carbocycles. The summed E-state index contributed by atoms with van der Waals surface area (Å²) in [5.74, 6) is -0.921. The van der Waals surface area contributed by atoms with Gasteiger partial charge in [0.25, 0.3) is 5.69 Å². The third-order valence-corrected chi connectivity index (χ3v) is 4.44. The Hall–Kier alpha value is -4.52. The second kappa shape index (κ2) is 11.0. The van der Waals surface area contributed by atoms with Gasteiger partial charge in [0.05, 0.1) is 4.92 Å². The molecule has 0 aliphatic heterocycles. The summed E-state index contributed by atoms with van der Waals surface area (Å²) in [6.07, 6.45) is 4.99. The Morgan fingerprint density at radius 1 is 0.750 bits per heavy atom. The molecule has 0 saturated carbocycles. The summed E-state index contributed by atoms with van der Waals surface area (Å²) in [5.41, 5.74) is 1.91. The Balaban J connectivity index is 1.77. The van der Waals surface area contributed by atoms with Crippen molar-refractivity contribution in [3.63, 3.8) is 0 Å². The normalized spacial score (nSPS) is 11.0. The molecule has 3 aromatic carbocycles. The summed E-state index contributed by atoms with van der Waals surface area (Å²) >= 11 is 0. The number of nitrogens with one attached hydrogen (secondary N) is 2. The SMILES string of the molecule is O=C(/C=C/c1ccccc1)NC(NC(=O)/C=C/c1ccccc1)c1cccc([N+](=O)[O-])c1. The fourth-order valence-corrected chi connectivity index (χ4v) is 2.87. The van der Waals surface area contributed by atoms with Gasteiger partial charge in [0.1, 0.15) is 6.17 Å². The second-order valence-electron chi connectivity index (χ2n) is 6.79. The third kappa shape index (κ3) is 6.77. The Labute approximate surface area is 185 Å². The van der Waals surface area contributed by atoms with Crippen molar-refractivity contribution >= 4 is 29.7 Å². The van der Waals surface area contributed by atoms with Crippen LogP contribution >= 0.6 is 0 Å². The minimum atomic E-state index is -0.962. The van der Waals surface area contributed by atoms with Crippen LogP contribution in [0.1, 0.15) is 22.9 Å². The van der Waals surface area contributed by atoms with Gasteiger partial charge in [-0.25, -0.2) is 0 Å². The summed E-state index contributed by atoms with van der Waals surface area (Å²) in [5, 5.41) is 16.5. The van der Waals surface area contributed by atoms with Crippen molar-refractivity contribution < 1.29 is 14.5 Å². The van der Waals surface area contributed by atoms with Gasteiger partial charge in [-0.05, 0) is 23.3 Å². The number of hydrogen-bond acceptors (Lipinski definition) is 4. The number of carbonyl (C=O) groups is 2. The van der Waals surface area contributed by atoms with Crippen LogP contribution in [0.2, 0.25) is 0 Å². The van der Waals surface area contributed by atoms with Crippen LogP contribution in [0.5, 0.6) is 0 Å². The van der Waals surface area contributed by atoms with Gasteiger partial charge in [-0.1, -0.05) is 72.8 Å². The second-order valence-corrected chi connectivity index (χ2v) is 6.79. The predicted octanol–water partition coefficient (Wildman–Crippen LogP) is 4.25. The summed E-state index contributed by atoms with van der Waals surface area (Å²) in [6, 6.07) is 24.3. The van der Waals surface area contributed by atoms with Crippen LogP contribution in [0.4, 0.5) is 5.69 Å². The van der Waals surface area contributed by atoms with E-state index in [0.29, 0.717) is 5.56 Å². The van der Waals surface area contributed by atoms with Gasteiger partial charge in [0.2, 0.25) is 11.8 Å². The highest BCUT2D eigenvalue weighted by molar-refractivity contribution is 5.94. The Bertz CT molecular complexity index is 1080. The molecule has 3 rings (SSSR count). The zero-order valence-corrected chi connectivity index (χ0v) is 17.0. The molecule has 2 N–H and O–H groups in total. The van der Waals surface area contributed by atoms with Crippen LogP contribution in [0.3, 0.4) is 0 Å². The first-order valence-electron chi connectivity index (χ1n) is 9.83. The number of carbonyl (C=O) groups excluding carboxylic acids is 2. The van der Waals surface area contributed by atoms with Crippen LogP contribution in [-0.4, -0.2) is 16.7 Å². The molecule has 0 fully saturated rings. The summed E-state index contributed by atoms with van der Waals surface area (Å²) < 4.78 is 0. The molecule has 160 valence electrons. The van der Waals surface area contributed by atoms with E-state index in [9.17, 15) is 19.7 Å². The number of benzene rings is 3. The van der Waals surface area contributed by atoms with E-state index in [1.165, 1.54) is 30.4 Å². The largest absolute Gasteiger partial charge is 0.328 e. The van der Waals surface area contributed by atoms with Gasteiger partial charge in [0.15, 0.2) is 0 Å². The summed E-state index contributed by atoms with van der Waals surface area (Å²) in [4.78, 5) is 35.6. The number of amides is 2. The number of rotatable bonds is 8. The van der Waals surface area contributed by atoms with E-state index in [1.807, 2.05) is 60.7 Å². The van der Waals surface area contributed by atoms with Crippen molar-refractivity contribution in [1.82, 2.24) is 10.6 Å². The zero-order valence-electron chi connectivity index (χ0n) is 17.0.